The van der Waals surface area contributed by atoms with Crippen molar-refractivity contribution >= 4 is 18.0 Å². The Morgan fingerprint density at radius 1 is 1.00 bits per heavy atom. The molecule has 1 saturated heterocycles. The van der Waals surface area contributed by atoms with E-state index in [9.17, 15) is 19.5 Å². The smallest absolute Gasteiger partial charge is 0.411 e. The van der Waals surface area contributed by atoms with Crippen molar-refractivity contribution in [2.24, 2.45) is 5.92 Å². The quantitative estimate of drug-likeness (QED) is 0.676. The van der Waals surface area contributed by atoms with Gasteiger partial charge in [-0.25, -0.2) is 9.59 Å². The number of esters is 1. The van der Waals surface area contributed by atoms with Crippen LogP contribution in [0.5, 0.6) is 0 Å². The number of carboxylic acid groups (broad SMARTS) is 1. The first-order chi connectivity index (χ1) is 15.6. The molecule has 1 amide bonds. The highest BCUT2D eigenvalue weighted by atomic mass is 16.6. The van der Waals surface area contributed by atoms with Gasteiger partial charge in [0.2, 0.25) is 0 Å². The van der Waals surface area contributed by atoms with Gasteiger partial charge in [0.25, 0.3) is 0 Å². The Labute approximate surface area is 193 Å². The van der Waals surface area contributed by atoms with Gasteiger partial charge >= 0.3 is 18.0 Å². The van der Waals surface area contributed by atoms with Crippen LogP contribution in [0.25, 0.3) is 11.1 Å². The van der Waals surface area contributed by atoms with Crippen molar-refractivity contribution in [1.29, 1.82) is 0 Å². The number of carbonyl (C=O) groups is 3. The Morgan fingerprint density at radius 2 is 1.58 bits per heavy atom. The Morgan fingerprint density at radius 3 is 2.12 bits per heavy atom. The van der Waals surface area contributed by atoms with Gasteiger partial charge in [0.05, 0.1) is 6.42 Å². The Hall–Kier alpha value is -3.35. The van der Waals surface area contributed by atoms with Crippen molar-refractivity contribution in [1.82, 2.24) is 4.90 Å². The number of ether oxygens (including phenoxy) is 2. The summed E-state index contributed by atoms with van der Waals surface area (Å²) in [5.41, 5.74) is 3.85. The Kier molecular flexibility index (Phi) is 6.15. The van der Waals surface area contributed by atoms with Gasteiger partial charge in [0, 0.05) is 12.5 Å². The number of benzene rings is 2. The number of amides is 1. The van der Waals surface area contributed by atoms with Crippen LogP contribution in [0, 0.1) is 5.92 Å². The van der Waals surface area contributed by atoms with E-state index in [0.717, 1.165) is 22.3 Å². The number of nitrogens with zero attached hydrogens (tertiary/aromatic N) is 1. The Balaban J connectivity index is 1.39. The molecular weight excluding hydrogens is 422 g/mol. The molecule has 2 aromatic carbocycles. The first-order valence-electron chi connectivity index (χ1n) is 11.2. The summed E-state index contributed by atoms with van der Waals surface area (Å²) in [6.45, 7) is 5.55. The minimum atomic E-state index is -1.10. The van der Waals surface area contributed by atoms with E-state index in [1.54, 1.807) is 20.8 Å². The second-order valence-corrected chi connectivity index (χ2v) is 9.70. The number of likely N-dealkylation sites (tertiary alicyclic amines) is 1. The number of aliphatic carboxylic acids is 1. The van der Waals surface area contributed by atoms with Crippen molar-refractivity contribution in [3.63, 3.8) is 0 Å². The van der Waals surface area contributed by atoms with Crippen molar-refractivity contribution in [3.05, 3.63) is 59.7 Å². The average Bonchev–Trinajstić information content (AvgIpc) is 3.31. The summed E-state index contributed by atoms with van der Waals surface area (Å²) in [7, 11) is 0. The van der Waals surface area contributed by atoms with Gasteiger partial charge in [-0.3, -0.25) is 9.69 Å². The molecule has 1 N–H and O–H groups in total. The molecule has 7 heteroatoms. The van der Waals surface area contributed by atoms with Crippen LogP contribution in [0.15, 0.2) is 48.5 Å². The van der Waals surface area contributed by atoms with Gasteiger partial charge < -0.3 is 14.6 Å². The third kappa shape index (κ3) is 4.87. The first kappa shape index (κ1) is 22.8. The third-order valence-electron chi connectivity index (χ3n) is 6.13. The lowest BCUT2D eigenvalue weighted by Gasteiger charge is -2.26. The molecule has 1 fully saturated rings. The standard InChI is InChI=1S/C26H29NO6/c1-26(2,3)33-25(31)27-14-16(12-22(27)24(29)30)13-23(28)32-15-21-19-10-6-4-8-17(19)18-9-5-7-11-20(18)21/h4-11,16,21-22H,12-15H2,1-3H3,(H,29,30)/t16-,22+/m0/s1. The number of carbonyl (C=O) groups excluding carboxylic acids is 2. The minimum absolute atomic E-state index is 0.0324. The van der Waals surface area contributed by atoms with Gasteiger partial charge in [-0.2, -0.15) is 0 Å². The molecule has 4 rings (SSSR count). The predicted octanol–water partition coefficient (Wildman–Crippen LogP) is 4.44. The molecular formula is C26H29NO6. The average molecular weight is 452 g/mol. The molecule has 2 aromatic rings. The molecule has 1 aliphatic carbocycles. The second-order valence-electron chi connectivity index (χ2n) is 9.70. The summed E-state index contributed by atoms with van der Waals surface area (Å²) < 4.78 is 11.0. The summed E-state index contributed by atoms with van der Waals surface area (Å²) in [4.78, 5) is 38.0. The van der Waals surface area contributed by atoms with E-state index in [0.29, 0.717) is 0 Å². The summed E-state index contributed by atoms with van der Waals surface area (Å²) >= 11 is 0. The highest BCUT2D eigenvalue weighted by molar-refractivity contribution is 5.82. The minimum Gasteiger partial charge on any atom is -0.480 e. The first-order valence-corrected chi connectivity index (χ1v) is 11.2. The lowest BCUT2D eigenvalue weighted by atomic mass is 9.98. The van der Waals surface area contributed by atoms with Crippen molar-refractivity contribution in [2.75, 3.05) is 13.2 Å². The molecule has 2 atom stereocenters. The van der Waals surface area contributed by atoms with E-state index >= 15 is 0 Å². The number of hydrogen-bond acceptors (Lipinski definition) is 5. The maximum atomic E-state index is 12.7. The second kappa shape index (κ2) is 8.89. The third-order valence-corrected chi connectivity index (χ3v) is 6.13. The molecule has 0 bridgehead atoms. The number of hydrogen-bond donors (Lipinski definition) is 1. The van der Waals surface area contributed by atoms with Crippen LogP contribution in [-0.4, -0.2) is 52.8 Å². The van der Waals surface area contributed by atoms with Crippen LogP contribution < -0.4 is 0 Å². The van der Waals surface area contributed by atoms with Crippen LogP contribution >= 0.6 is 0 Å². The molecule has 0 spiro atoms. The van der Waals surface area contributed by atoms with Crippen molar-refractivity contribution < 1.29 is 29.0 Å². The lowest BCUT2D eigenvalue weighted by molar-refractivity contribution is -0.145. The van der Waals surface area contributed by atoms with E-state index < -0.39 is 29.7 Å². The molecule has 7 nitrogen and oxygen atoms in total. The van der Waals surface area contributed by atoms with Crippen molar-refractivity contribution in [3.8, 4) is 11.1 Å². The zero-order valence-corrected chi connectivity index (χ0v) is 19.1. The van der Waals surface area contributed by atoms with E-state index in [-0.39, 0.29) is 37.8 Å². The maximum Gasteiger partial charge on any atom is 0.411 e. The van der Waals surface area contributed by atoms with Gasteiger partial charge in [0.15, 0.2) is 0 Å². The topological polar surface area (TPSA) is 93.1 Å². The number of rotatable bonds is 5. The fraction of sp³-hybridized carbons (Fsp3) is 0.423. The van der Waals surface area contributed by atoms with E-state index in [1.807, 2.05) is 24.3 Å². The van der Waals surface area contributed by atoms with E-state index in [2.05, 4.69) is 24.3 Å². The van der Waals surface area contributed by atoms with Gasteiger partial charge in [-0.1, -0.05) is 48.5 Å². The number of fused-ring (bicyclic) bond motifs is 3. The van der Waals surface area contributed by atoms with Crippen molar-refractivity contribution in [2.45, 2.75) is 51.2 Å². The highest BCUT2D eigenvalue weighted by Crippen LogP contribution is 2.44. The SMILES string of the molecule is CC(C)(C)OC(=O)N1C[C@H](CC(=O)OCC2c3ccccc3-c3ccccc32)C[C@@H]1C(=O)O. The van der Waals surface area contributed by atoms with E-state index in [4.69, 9.17) is 9.47 Å². The molecule has 0 saturated carbocycles. The summed E-state index contributed by atoms with van der Waals surface area (Å²) in [5.74, 6) is -1.82. The fourth-order valence-corrected chi connectivity index (χ4v) is 4.74. The summed E-state index contributed by atoms with van der Waals surface area (Å²) in [5, 5.41) is 9.55. The Bertz CT molecular complexity index is 1030. The molecule has 1 aliphatic heterocycles. The summed E-state index contributed by atoms with van der Waals surface area (Å²) in [6, 6.07) is 15.2. The fourth-order valence-electron chi connectivity index (χ4n) is 4.74. The molecule has 0 unspecified atom stereocenters. The molecule has 0 aromatic heterocycles. The monoisotopic (exact) mass is 451 g/mol. The van der Waals surface area contributed by atoms with Gasteiger partial charge in [-0.05, 0) is 55.4 Å². The summed E-state index contributed by atoms with van der Waals surface area (Å²) in [6.07, 6.45) is -0.428. The largest absolute Gasteiger partial charge is 0.480 e. The molecule has 33 heavy (non-hydrogen) atoms. The lowest BCUT2D eigenvalue weighted by Crippen LogP contribution is -2.43. The molecule has 1 heterocycles. The maximum absolute atomic E-state index is 12.7. The van der Waals surface area contributed by atoms with Gasteiger partial charge in [-0.15, -0.1) is 0 Å². The van der Waals surface area contributed by atoms with Crippen LogP contribution in [0.4, 0.5) is 4.79 Å². The van der Waals surface area contributed by atoms with Crippen LogP contribution in [-0.2, 0) is 19.1 Å². The number of carboxylic acids is 1. The van der Waals surface area contributed by atoms with Crippen LogP contribution in [0.2, 0.25) is 0 Å². The molecule has 174 valence electrons. The normalized spacial score (nSPS) is 19.7. The van der Waals surface area contributed by atoms with Crippen LogP contribution in [0.1, 0.15) is 50.7 Å². The van der Waals surface area contributed by atoms with Gasteiger partial charge in [0.1, 0.15) is 18.2 Å². The van der Waals surface area contributed by atoms with Crippen LogP contribution in [0.3, 0.4) is 0 Å². The predicted molar refractivity (Wildman–Crippen MR) is 122 cm³/mol. The molecule has 0 radical (unpaired) electrons. The van der Waals surface area contributed by atoms with E-state index in [1.165, 1.54) is 4.90 Å². The molecule has 2 aliphatic rings. The zero-order valence-electron chi connectivity index (χ0n) is 19.1. The zero-order chi connectivity index (χ0) is 23.8. The highest BCUT2D eigenvalue weighted by Gasteiger charge is 2.42.